The Balaban J connectivity index is 1.30. The molecule has 2 aromatic carbocycles. The van der Waals surface area contributed by atoms with Gasteiger partial charge in [-0.3, -0.25) is 9.59 Å². The summed E-state index contributed by atoms with van der Waals surface area (Å²) in [5.74, 6) is 0.770. The highest BCUT2D eigenvalue weighted by Crippen LogP contribution is 2.18. The zero-order valence-electron chi connectivity index (χ0n) is 16.0. The molecule has 2 amide bonds. The fraction of sp³-hybridized carbons (Fsp3) is 0.217. The van der Waals surface area contributed by atoms with Crippen LogP contribution in [-0.2, 0) is 6.61 Å². The summed E-state index contributed by atoms with van der Waals surface area (Å²) in [6, 6.07) is 20.9. The molecule has 5 nitrogen and oxygen atoms in total. The van der Waals surface area contributed by atoms with Gasteiger partial charge in [-0.15, -0.1) is 11.3 Å². The van der Waals surface area contributed by atoms with E-state index in [2.05, 4.69) is 0 Å². The Morgan fingerprint density at radius 3 is 2.07 bits per heavy atom. The molecule has 148 valence electrons. The van der Waals surface area contributed by atoms with E-state index in [-0.39, 0.29) is 11.8 Å². The third-order valence-corrected chi connectivity index (χ3v) is 5.79. The molecule has 6 heteroatoms. The fourth-order valence-corrected chi connectivity index (χ4v) is 3.98. The molecule has 0 unspecified atom stereocenters. The topological polar surface area (TPSA) is 49.9 Å². The molecule has 2 heterocycles. The van der Waals surface area contributed by atoms with Gasteiger partial charge in [0.2, 0.25) is 0 Å². The van der Waals surface area contributed by atoms with Gasteiger partial charge in [0.25, 0.3) is 11.8 Å². The number of carbonyl (C=O) groups excluding carboxylic acids is 2. The third kappa shape index (κ3) is 4.66. The van der Waals surface area contributed by atoms with E-state index in [0.717, 1.165) is 16.2 Å². The standard InChI is InChI=1S/C23H22N2O3S/c26-22(24-12-14-25(15-13-24)23(27)21-7-4-16-29-21)19-8-10-20(11-9-19)28-17-18-5-2-1-3-6-18/h1-11,16H,12-15,17H2. The number of nitrogens with zero attached hydrogens (tertiary/aromatic N) is 2. The van der Waals surface area contributed by atoms with Gasteiger partial charge in [-0.05, 0) is 41.3 Å². The zero-order valence-corrected chi connectivity index (χ0v) is 16.8. The number of piperazine rings is 1. The molecule has 0 radical (unpaired) electrons. The predicted octanol–water partition coefficient (Wildman–Crippen LogP) is 3.93. The van der Waals surface area contributed by atoms with E-state index in [9.17, 15) is 9.59 Å². The van der Waals surface area contributed by atoms with Crippen molar-refractivity contribution in [2.45, 2.75) is 6.61 Å². The lowest BCUT2D eigenvalue weighted by molar-refractivity contribution is 0.0538. The van der Waals surface area contributed by atoms with Gasteiger partial charge in [-0.25, -0.2) is 0 Å². The Hall–Kier alpha value is -3.12. The molecule has 0 N–H and O–H groups in total. The molecule has 0 atom stereocenters. The summed E-state index contributed by atoms with van der Waals surface area (Å²) < 4.78 is 5.78. The normalized spacial score (nSPS) is 13.9. The maximum absolute atomic E-state index is 12.8. The summed E-state index contributed by atoms with van der Waals surface area (Å²) >= 11 is 1.45. The molecule has 4 rings (SSSR count). The summed E-state index contributed by atoms with van der Waals surface area (Å²) in [5, 5.41) is 1.90. The number of hydrogen-bond donors (Lipinski definition) is 0. The summed E-state index contributed by atoms with van der Waals surface area (Å²) in [7, 11) is 0. The molecular formula is C23H22N2O3S. The fourth-order valence-electron chi connectivity index (χ4n) is 3.29. The molecular weight excluding hydrogens is 384 g/mol. The number of rotatable bonds is 5. The summed E-state index contributed by atoms with van der Waals surface area (Å²) in [4.78, 5) is 29.6. The minimum atomic E-state index is -0.0113. The van der Waals surface area contributed by atoms with Crippen molar-refractivity contribution in [1.29, 1.82) is 0 Å². The molecule has 0 spiro atoms. The van der Waals surface area contributed by atoms with E-state index in [4.69, 9.17) is 4.74 Å². The Bertz CT molecular complexity index is 948. The third-order valence-electron chi connectivity index (χ3n) is 4.94. The van der Waals surface area contributed by atoms with E-state index < -0.39 is 0 Å². The summed E-state index contributed by atoms with van der Waals surface area (Å²) in [6.45, 7) is 2.69. The molecule has 0 bridgehead atoms. The van der Waals surface area contributed by atoms with Gasteiger partial charge in [0.15, 0.2) is 0 Å². The van der Waals surface area contributed by atoms with Crippen molar-refractivity contribution in [3.8, 4) is 5.75 Å². The second kappa shape index (κ2) is 8.92. The van der Waals surface area contributed by atoms with Crippen molar-refractivity contribution in [2.75, 3.05) is 26.2 Å². The molecule has 29 heavy (non-hydrogen) atoms. The van der Waals surface area contributed by atoms with Crippen LogP contribution < -0.4 is 4.74 Å². The minimum absolute atomic E-state index is 0.0113. The largest absolute Gasteiger partial charge is 0.489 e. The highest BCUT2D eigenvalue weighted by atomic mass is 32.1. The van der Waals surface area contributed by atoms with Gasteiger partial charge < -0.3 is 14.5 Å². The Morgan fingerprint density at radius 2 is 1.45 bits per heavy atom. The Morgan fingerprint density at radius 1 is 0.793 bits per heavy atom. The van der Waals surface area contributed by atoms with E-state index in [1.807, 2.05) is 64.9 Å². The van der Waals surface area contributed by atoms with Crippen LogP contribution in [0.2, 0.25) is 0 Å². The van der Waals surface area contributed by atoms with Gasteiger partial charge in [0, 0.05) is 31.7 Å². The predicted molar refractivity (Wildman–Crippen MR) is 113 cm³/mol. The maximum atomic E-state index is 12.8. The SMILES string of the molecule is O=C(c1ccc(OCc2ccccc2)cc1)N1CCN(C(=O)c2cccs2)CC1. The first-order valence-electron chi connectivity index (χ1n) is 9.59. The smallest absolute Gasteiger partial charge is 0.264 e. The molecule has 1 fully saturated rings. The van der Waals surface area contributed by atoms with Crippen LogP contribution in [0, 0.1) is 0 Å². The highest BCUT2D eigenvalue weighted by Gasteiger charge is 2.25. The minimum Gasteiger partial charge on any atom is -0.489 e. The Kier molecular flexibility index (Phi) is 5.91. The lowest BCUT2D eigenvalue weighted by Gasteiger charge is -2.34. The molecule has 1 aliphatic rings. The number of thiophene rings is 1. The van der Waals surface area contributed by atoms with Crippen LogP contribution in [0.25, 0.3) is 0 Å². The van der Waals surface area contributed by atoms with E-state index in [1.165, 1.54) is 11.3 Å². The van der Waals surface area contributed by atoms with Gasteiger partial charge in [0.05, 0.1) is 4.88 Å². The average molecular weight is 407 g/mol. The van der Waals surface area contributed by atoms with Crippen LogP contribution in [0.1, 0.15) is 25.6 Å². The van der Waals surface area contributed by atoms with Crippen molar-refractivity contribution in [2.24, 2.45) is 0 Å². The molecule has 1 saturated heterocycles. The number of carbonyl (C=O) groups is 2. The summed E-state index contributed by atoms with van der Waals surface area (Å²) in [5.41, 5.74) is 1.73. The lowest BCUT2D eigenvalue weighted by Crippen LogP contribution is -2.50. The quantitative estimate of drug-likeness (QED) is 0.645. The van der Waals surface area contributed by atoms with Gasteiger partial charge in [-0.1, -0.05) is 36.4 Å². The van der Waals surface area contributed by atoms with Crippen molar-refractivity contribution in [1.82, 2.24) is 9.80 Å². The van der Waals surface area contributed by atoms with Gasteiger partial charge >= 0.3 is 0 Å². The van der Waals surface area contributed by atoms with Crippen molar-refractivity contribution >= 4 is 23.2 Å². The van der Waals surface area contributed by atoms with E-state index in [0.29, 0.717) is 38.3 Å². The van der Waals surface area contributed by atoms with Crippen LogP contribution in [0.4, 0.5) is 0 Å². The average Bonchev–Trinajstić information content (AvgIpc) is 3.33. The second-order valence-corrected chi connectivity index (χ2v) is 7.81. The Labute approximate surface area is 174 Å². The lowest BCUT2D eigenvalue weighted by atomic mass is 10.1. The first kappa shape index (κ1) is 19.2. The van der Waals surface area contributed by atoms with Crippen LogP contribution in [0.3, 0.4) is 0 Å². The molecule has 0 saturated carbocycles. The molecule has 1 aliphatic heterocycles. The number of benzene rings is 2. The molecule has 0 aliphatic carbocycles. The van der Waals surface area contributed by atoms with Crippen LogP contribution >= 0.6 is 11.3 Å². The maximum Gasteiger partial charge on any atom is 0.264 e. The molecule has 3 aromatic rings. The van der Waals surface area contributed by atoms with Crippen LogP contribution in [-0.4, -0.2) is 47.8 Å². The monoisotopic (exact) mass is 406 g/mol. The van der Waals surface area contributed by atoms with Gasteiger partial charge in [-0.2, -0.15) is 0 Å². The van der Waals surface area contributed by atoms with Crippen LogP contribution in [0.15, 0.2) is 72.1 Å². The zero-order chi connectivity index (χ0) is 20.1. The van der Waals surface area contributed by atoms with Crippen molar-refractivity contribution < 1.29 is 14.3 Å². The second-order valence-electron chi connectivity index (χ2n) is 6.86. The summed E-state index contributed by atoms with van der Waals surface area (Å²) in [6.07, 6.45) is 0. The molecule has 1 aromatic heterocycles. The number of amides is 2. The highest BCUT2D eigenvalue weighted by molar-refractivity contribution is 7.12. The van der Waals surface area contributed by atoms with Crippen molar-refractivity contribution in [3.63, 3.8) is 0 Å². The van der Waals surface area contributed by atoms with E-state index in [1.54, 1.807) is 17.0 Å². The van der Waals surface area contributed by atoms with Crippen molar-refractivity contribution in [3.05, 3.63) is 88.1 Å². The van der Waals surface area contributed by atoms with E-state index >= 15 is 0 Å². The first-order valence-corrected chi connectivity index (χ1v) is 10.5. The number of hydrogen-bond acceptors (Lipinski definition) is 4. The van der Waals surface area contributed by atoms with Crippen LogP contribution in [0.5, 0.6) is 5.75 Å². The first-order chi connectivity index (χ1) is 14.2. The number of ether oxygens (including phenoxy) is 1. The van der Waals surface area contributed by atoms with Gasteiger partial charge in [0.1, 0.15) is 12.4 Å².